The Bertz CT molecular complexity index is 799. The van der Waals surface area contributed by atoms with Crippen LogP contribution in [0.3, 0.4) is 0 Å². The lowest BCUT2D eigenvalue weighted by atomic mass is 9.96. The number of hydrogen-bond acceptors (Lipinski definition) is 5. The maximum Gasteiger partial charge on any atom is 0.254 e. The summed E-state index contributed by atoms with van der Waals surface area (Å²) in [5.41, 5.74) is 1.64. The molecule has 1 saturated heterocycles. The SMILES string of the molecule is Cc1c(C2CCNC2)nn(C(=O)C(C)(C)C)c1N(C)Cc1ccc(Cl)s1. The molecule has 0 spiro atoms. The van der Waals surface area contributed by atoms with Crippen molar-refractivity contribution in [1.82, 2.24) is 15.1 Å². The minimum Gasteiger partial charge on any atom is -0.354 e. The van der Waals surface area contributed by atoms with Crippen molar-refractivity contribution in [2.24, 2.45) is 5.41 Å². The molecule has 26 heavy (non-hydrogen) atoms. The normalized spacial score (nSPS) is 17.7. The summed E-state index contributed by atoms with van der Waals surface area (Å²) in [7, 11) is 2.01. The Morgan fingerprint density at radius 1 is 1.46 bits per heavy atom. The molecule has 3 heterocycles. The van der Waals surface area contributed by atoms with Crippen LogP contribution in [0.15, 0.2) is 12.1 Å². The summed E-state index contributed by atoms with van der Waals surface area (Å²) in [5.74, 6) is 1.27. The predicted octanol–water partition coefficient (Wildman–Crippen LogP) is 4.31. The highest BCUT2D eigenvalue weighted by Crippen LogP contribution is 2.34. The first-order valence-electron chi connectivity index (χ1n) is 8.99. The molecular formula is C19H27ClN4OS. The maximum atomic E-state index is 13.1. The van der Waals surface area contributed by atoms with Crippen molar-refractivity contribution < 1.29 is 4.79 Å². The van der Waals surface area contributed by atoms with Crippen LogP contribution < -0.4 is 10.2 Å². The molecule has 1 N–H and O–H groups in total. The van der Waals surface area contributed by atoms with E-state index in [9.17, 15) is 4.79 Å². The number of anilines is 1. The highest BCUT2D eigenvalue weighted by atomic mass is 35.5. The molecule has 0 amide bonds. The van der Waals surface area contributed by atoms with E-state index in [-0.39, 0.29) is 5.91 Å². The third-order valence-electron chi connectivity index (χ3n) is 4.79. The van der Waals surface area contributed by atoms with Crippen LogP contribution in [0.2, 0.25) is 4.34 Å². The first-order chi connectivity index (χ1) is 12.2. The fraction of sp³-hybridized carbons (Fsp3) is 0.579. The molecule has 1 fully saturated rings. The number of thiophene rings is 1. The molecule has 3 rings (SSSR count). The van der Waals surface area contributed by atoms with Crippen molar-refractivity contribution in [3.8, 4) is 0 Å². The quantitative estimate of drug-likeness (QED) is 0.839. The molecule has 142 valence electrons. The van der Waals surface area contributed by atoms with Crippen LogP contribution in [0, 0.1) is 12.3 Å². The molecule has 0 bridgehead atoms. The van der Waals surface area contributed by atoms with E-state index in [1.54, 1.807) is 16.0 Å². The van der Waals surface area contributed by atoms with Crippen molar-refractivity contribution in [3.63, 3.8) is 0 Å². The standard InChI is InChI=1S/C19H27ClN4OS/c1-12-16(13-8-9-21-10-13)22-24(18(25)19(2,3)4)17(12)23(5)11-14-6-7-15(20)26-14/h6-7,13,21H,8-11H2,1-5H3. The smallest absolute Gasteiger partial charge is 0.254 e. The molecular weight excluding hydrogens is 368 g/mol. The number of nitrogens with one attached hydrogen (secondary N) is 1. The average Bonchev–Trinajstić information content (AvgIpc) is 3.26. The van der Waals surface area contributed by atoms with Crippen LogP contribution in [-0.4, -0.2) is 35.8 Å². The monoisotopic (exact) mass is 394 g/mol. The molecule has 5 nitrogen and oxygen atoms in total. The number of halogens is 1. The molecule has 1 atom stereocenters. The summed E-state index contributed by atoms with van der Waals surface area (Å²) in [4.78, 5) is 16.3. The molecule has 0 aliphatic carbocycles. The lowest BCUT2D eigenvalue weighted by molar-refractivity contribution is 0.0750. The summed E-state index contributed by atoms with van der Waals surface area (Å²) in [6.07, 6.45) is 1.06. The van der Waals surface area contributed by atoms with E-state index in [4.69, 9.17) is 16.7 Å². The Hall–Kier alpha value is -1.37. The van der Waals surface area contributed by atoms with Crippen LogP contribution in [0.1, 0.15) is 54.0 Å². The van der Waals surface area contributed by atoms with Gasteiger partial charge in [0.05, 0.1) is 16.6 Å². The fourth-order valence-corrected chi connectivity index (χ4v) is 4.57. The number of carbonyl (C=O) groups is 1. The summed E-state index contributed by atoms with van der Waals surface area (Å²) in [5, 5.41) is 8.19. The Kier molecular flexibility index (Phi) is 5.47. The van der Waals surface area contributed by atoms with E-state index in [2.05, 4.69) is 17.1 Å². The van der Waals surface area contributed by atoms with Gasteiger partial charge in [-0.3, -0.25) is 4.79 Å². The first-order valence-corrected chi connectivity index (χ1v) is 10.2. The summed E-state index contributed by atoms with van der Waals surface area (Å²) < 4.78 is 2.40. The van der Waals surface area contributed by atoms with E-state index < -0.39 is 5.41 Å². The second-order valence-electron chi connectivity index (χ2n) is 8.05. The van der Waals surface area contributed by atoms with Crippen LogP contribution in [-0.2, 0) is 6.54 Å². The highest BCUT2D eigenvalue weighted by Gasteiger charge is 2.32. The Morgan fingerprint density at radius 2 is 2.19 bits per heavy atom. The number of carbonyl (C=O) groups excluding carboxylic acids is 1. The van der Waals surface area contributed by atoms with Gasteiger partial charge in [0.15, 0.2) is 0 Å². The van der Waals surface area contributed by atoms with Gasteiger partial charge in [0.25, 0.3) is 5.91 Å². The van der Waals surface area contributed by atoms with Gasteiger partial charge in [0.1, 0.15) is 5.82 Å². The van der Waals surface area contributed by atoms with Gasteiger partial charge in [-0.15, -0.1) is 11.3 Å². The lowest BCUT2D eigenvalue weighted by Gasteiger charge is -2.23. The van der Waals surface area contributed by atoms with E-state index >= 15 is 0 Å². The zero-order valence-electron chi connectivity index (χ0n) is 16.1. The average molecular weight is 395 g/mol. The van der Waals surface area contributed by atoms with Crippen LogP contribution in [0.25, 0.3) is 0 Å². The molecule has 2 aromatic rings. The number of nitrogens with zero attached hydrogens (tertiary/aromatic N) is 3. The number of rotatable bonds is 4. The van der Waals surface area contributed by atoms with Gasteiger partial charge < -0.3 is 10.2 Å². The molecule has 0 saturated carbocycles. The van der Waals surface area contributed by atoms with Gasteiger partial charge in [0.2, 0.25) is 0 Å². The molecule has 1 aliphatic rings. The third kappa shape index (κ3) is 3.82. The zero-order chi connectivity index (χ0) is 19.1. The topological polar surface area (TPSA) is 50.2 Å². The van der Waals surface area contributed by atoms with Crippen molar-refractivity contribution in [2.45, 2.75) is 46.6 Å². The second-order valence-corrected chi connectivity index (χ2v) is 9.85. The van der Waals surface area contributed by atoms with Gasteiger partial charge in [-0.05, 0) is 32.0 Å². The highest BCUT2D eigenvalue weighted by molar-refractivity contribution is 7.16. The summed E-state index contributed by atoms with van der Waals surface area (Å²) >= 11 is 7.64. The molecule has 7 heteroatoms. The second kappa shape index (κ2) is 7.33. The van der Waals surface area contributed by atoms with Gasteiger partial charge in [-0.25, -0.2) is 0 Å². The predicted molar refractivity (Wildman–Crippen MR) is 109 cm³/mol. The third-order valence-corrected chi connectivity index (χ3v) is 6.01. The van der Waals surface area contributed by atoms with Crippen molar-refractivity contribution in [3.05, 3.63) is 32.6 Å². The van der Waals surface area contributed by atoms with Gasteiger partial charge in [0, 0.05) is 35.4 Å². The molecule has 0 aromatic carbocycles. The summed E-state index contributed by atoms with van der Waals surface area (Å²) in [6.45, 7) is 10.5. The van der Waals surface area contributed by atoms with Crippen LogP contribution >= 0.6 is 22.9 Å². The van der Waals surface area contributed by atoms with Crippen molar-refractivity contribution >= 4 is 34.7 Å². The van der Waals surface area contributed by atoms with E-state index in [0.717, 1.165) is 45.8 Å². The van der Waals surface area contributed by atoms with Crippen LogP contribution in [0.4, 0.5) is 5.82 Å². The first kappa shape index (κ1) is 19.4. The van der Waals surface area contributed by atoms with Gasteiger partial charge in [-0.2, -0.15) is 9.78 Å². The Labute approximate surface area is 164 Å². The molecule has 2 aromatic heterocycles. The van der Waals surface area contributed by atoms with E-state index in [1.165, 1.54) is 0 Å². The minimum absolute atomic E-state index is 0.0175. The Morgan fingerprint density at radius 3 is 2.73 bits per heavy atom. The Balaban J connectivity index is 2.01. The largest absolute Gasteiger partial charge is 0.354 e. The molecule has 1 aliphatic heterocycles. The minimum atomic E-state index is -0.495. The number of hydrogen-bond donors (Lipinski definition) is 1. The van der Waals surface area contributed by atoms with E-state index in [1.807, 2.05) is 40.0 Å². The van der Waals surface area contributed by atoms with Crippen molar-refractivity contribution in [1.29, 1.82) is 0 Å². The fourth-order valence-electron chi connectivity index (χ4n) is 3.43. The van der Waals surface area contributed by atoms with E-state index in [0.29, 0.717) is 12.5 Å². The molecule has 1 unspecified atom stereocenters. The molecule has 0 radical (unpaired) electrons. The van der Waals surface area contributed by atoms with Gasteiger partial charge in [-0.1, -0.05) is 32.4 Å². The van der Waals surface area contributed by atoms with Crippen LogP contribution in [0.5, 0.6) is 0 Å². The summed E-state index contributed by atoms with van der Waals surface area (Å²) in [6, 6.07) is 3.95. The zero-order valence-corrected chi connectivity index (χ0v) is 17.7. The maximum absolute atomic E-state index is 13.1. The van der Waals surface area contributed by atoms with Crippen molar-refractivity contribution in [2.75, 3.05) is 25.0 Å². The lowest BCUT2D eigenvalue weighted by Crippen LogP contribution is -2.31. The van der Waals surface area contributed by atoms with Gasteiger partial charge >= 0.3 is 0 Å². The number of aromatic nitrogens is 2.